The van der Waals surface area contributed by atoms with Crippen molar-refractivity contribution < 1.29 is 14.6 Å². The number of hydrogen-bond acceptors (Lipinski definition) is 4. The Labute approximate surface area is 110 Å². The van der Waals surface area contributed by atoms with E-state index in [1.807, 2.05) is 18.2 Å². The molecule has 1 N–H and O–H groups in total. The fourth-order valence-corrected chi connectivity index (χ4v) is 2.05. The minimum atomic E-state index is -1.11. The van der Waals surface area contributed by atoms with Crippen LogP contribution in [0.1, 0.15) is 29.8 Å². The summed E-state index contributed by atoms with van der Waals surface area (Å²) in [5.74, 6) is -0.0345. The summed E-state index contributed by atoms with van der Waals surface area (Å²) >= 11 is 0. The molecular formula is C14H14N2O3. The van der Waals surface area contributed by atoms with Gasteiger partial charge in [0.25, 0.3) is 0 Å². The summed E-state index contributed by atoms with van der Waals surface area (Å²) in [5.41, 5.74) is 0.531. The number of aromatic carboxylic acids is 1. The standard InChI is InChI=1S/C14H14N2O3/c17-14(18)12-13(19-8-7-9-5-6-9)10-3-1-2-4-11(10)15-16-12/h1-4,9H,5-8H2,(H,17,18). The van der Waals surface area contributed by atoms with Crippen molar-refractivity contribution in [2.75, 3.05) is 6.61 Å². The van der Waals surface area contributed by atoms with Crippen LogP contribution in [0.2, 0.25) is 0 Å². The van der Waals surface area contributed by atoms with E-state index < -0.39 is 5.97 Å². The van der Waals surface area contributed by atoms with Gasteiger partial charge in [-0.2, -0.15) is 0 Å². The number of carboxylic acid groups (broad SMARTS) is 1. The molecule has 0 saturated heterocycles. The topological polar surface area (TPSA) is 72.3 Å². The van der Waals surface area contributed by atoms with Gasteiger partial charge in [0.15, 0.2) is 5.75 Å². The van der Waals surface area contributed by atoms with E-state index in [1.165, 1.54) is 12.8 Å². The highest BCUT2D eigenvalue weighted by molar-refractivity contribution is 5.96. The fraction of sp³-hybridized carbons (Fsp3) is 0.357. The van der Waals surface area contributed by atoms with E-state index in [1.54, 1.807) is 6.07 Å². The van der Waals surface area contributed by atoms with Crippen molar-refractivity contribution in [1.82, 2.24) is 10.2 Å². The lowest BCUT2D eigenvalue weighted by Crippen LogP contribution is -2.09. The SMILES string of the molecule is O=C(O)c1nnc2ccccc2c1OCCC1CC1. The normalized spacial score (nSPS) is 14.5. The van der Waals surface area contributed by atoms with Gasteiger partial charge in [0.1, 0.15) is 0 Å². The number of benzene rings is 1. The Morgan fingerprint density at radius 3 is 2.84 bits per heavy atom. The average molecular weight is 258 g/mol. The Balaban J connectivity index is 1.95. The van der Waals surface area contributed by atoms with E-state index in [9.17, 15) is 4.79 Å². The van der Waals surface area contributed by atoms with Gasteiger partial charge in [-0.25, -0.2) is 4.79 Å². The molecule has 0 radical (unpaired) electrons. The number of aromatic nitrogens is 2. The molecule has 0 amide bonds. The molecule has 0 aliphatic heterocycles. The van der Waals surface area contributed by atoms with Gasteiger partial charge in [-0.05, 0) is 24.5 Å². The van der Waals surface area contributed by atoms with Crippen molar-refractivity contribution in [2.24, 2.45) is 5.92 Å². The number of hydrogen-bond donors (Lipinski definition) is 1. The van der Waals surface area contributed by atoms with Crippen LogP contribution < -0.4 is 4.74 Å². The monoisotopic (exact) mass is 258 g/mol. The number of carboxylic acids is 1. The maximum Gasteiger partial charge on any atom is 0.360 e. The number of fused-ring (bicyclic) bond motifs is 1. The van der Waals surface area contributed by atoms with Crippen molar-refractivity contribution in [1.29, 1.82) is 0 Å². The van der Waals surface area contributed by atoms with E-state index in [4.69, 9.17) is 9.84 Å². The Morgan fingerprint density at radius 1 is 1.32 bits per heavy atom. The zero-order valence-electron chi connectivity index (χ0n) is 10.4. The quantitative estimate of drug-likeness (QED) is 0.892. The van der Waals surface area contributed by atoms with Crippen molar-refractivity contribution in [3.05, 3.63) is 30.0 Å². The molecule has 0 unspecified atom stereocenters. The summed E-state index contributed by atoms with van der Waals surface area (Å²) in [6.07, 6.45) is 3.48. The minimum absolute atomic E-state index is 0.116. The first-order chi connectivity index (χ1) is 9.25. The Morgan fingerprint density at radius 2 is 2.11 bits per heavy atom. The Kier molecular flexibility index (Phi) is 3.03. The van der Waals surface area contributed by atoms with Gasteiger partial charge in [-0.1, -0.05) is 25.0 Å². The van der Waals surface area contributed by atoms with Crippen molar-refractivity contribution in [3.63, 3.8) is 0 Å². The summed E-state index contributed by atoms with van der Waals surface area (Å²) in [7, 11) is 0. The molecule has 5 nitrogen and oxygen atoms in total. The van der Waals surface area contributed by atoms with E-state index >= 15 is 0 Å². The third kappa shape index (κ3) is 2.50. The van der Waals surface area contributed by atoms with Gasteiger partial charge in [0.05, 0.1) is 12.1 Å². The maximum absolute atomic E-state index is 11.2. The molecule has 2 aromatic rings. The summed E-state index contributed by atoms with van der Waals surface area (Å²) in [6.45, 7) is 0.528. The molecule has 1 aromatic heterocycles. The molecule has 19 heavy (non-hydrogen) atoms. The second-order valence-electron chi connectivity index (χ2n) is 4.78. The predicted molar refractivity (Wildman–Crippen MR) is 69.3 cm³/mol. The molecule has 1 heterocycles. The smallest absolute Gasteiger partial charge is 0.360 e. The number of ether oxygens (including phenoxy) is 1. The van der Waals surface area contributed by atoms with Crippen LogP contribution >= 0.6 is 0 Å². The van der Waals surface area contributed by atoms with E-state index in [2.05, 4.69) is 10.2 Å². The van der Waals surface area contributed by atoms with Crippen LogP contribution in [-0.4, -0.2) is 27.9 Å². The summed E-state index contributed by atoms with van der Waals surface area (Å²) in [4.78, 5) is 11.2. The zero-order valence-corrected chi connectivity index (χ0v) is 10.4. The lowest BCUT2D eigenvalue weighted by atomic mass is 10.2. The first-order valence-corrected chi connectivity index (χ1v) is 6.37. The molecule has 0 spiro atoms. The number of rotatable bonds is 5. The van der Waals surface area contributed by atoms with E-state index in [0.29, 0.717) is 23.3 Å². The second kappa shape index (κ2) is 4.84. The van der Waals surface area contributed by atoms with Crippen LogP contribution in [-0.2, 0) is 0 Å². The molecule has 1 saturated carbocycles. The second-order valence-corrected chi connectivity index (χ2v) is 4.78. The lowest BCUT2D eigenvalue weighted by Gasteiger charge is -2.10. The van der Waals surface area contributed by atoms with E-state index in [-0.39, 0.29) is 5.69 Å². The number of carbonyl (C=O) groups is 1. The molecule has 0 bridgehead atoms. The maximum atomic E-state index is 11.2. The van der Waals surface area contributed by atoms with Crippen LogP contribution in [0.3, 0.4) is 0 Å². The highest BCUT2D eigenvalue weighted by atomic mass is 16.5. The Hall–Kier alpha value is -2.17. The van der Waals surface area contributed by atoms with Crippen LogP contribution in [0, 0.1) is 5.92 Å². The average Bonchev–Trinajstić information content (AvgIpc) is 3.22. The molecule has 5 heteroatoms. The number of nitrogens with zero attached hydrogens (tertiary/aromatic N) is 2. The zero-order chi connectivity index (χ0) is 13.2. The highest BCUT2D eigenvalue weighted by Crippen LogP contribution is 2.33. The van der Waals surface area contributed by atoms with Crippen LogP contribution in [0.25, 0.3) is 10.9 Å². The van der Waals surface area contributed by atoms with Gasteiger partial charge < -0.3 is 9.84 Å². The predicted octanol–water partition coefficient (Wildman–Crippen LogP) is 2.51. The van der Waals surface area contributed by atoms with Crippen LogP contribution in [0.5, 0.6) is 5.75 Å². The first-order valence-electron chi connectivity index (χ1n) is 6.37. The van der Waals surface area contributed by atoms with Crippen LogP contribution in [0.15, 0.2) is 24.3 Å². The van der Waals surface area contributed by atoms with Gasteiger partial charge in [-0.15, -0.1) is 10.2 Å². The van der Waals surface area contributed by atoms with Crippen molar-refractivity contribution in [3.8, 4) is 5.75 Å². The van der Waals surface area contributed by atoms with Gasteiger partial charge >= 0.3 is 5.97 Å². The molecule has 98 valence electrons. The minimum Gasteiger partial charge on any atom is -0.490 e. The molecule has 1 aliphatic rings. The van der Waals surface area contributed by atoms with Crippen molar-refractivity contribution in [2.45, 2.75) is 19.3 Å². The molecule has 1 fully saturated rings. The summed E-state index contributed by atoms with van der Waals surface area (Å²) < 4.78 is 5.68. The summed E-state index contributed by atoms with van der Waals surface area (Å²) in [5, 5.41) is 17.5. The first kappa shape index (κ1) is 11.9. The fourth-order valence-electron chi connectivity index (χ4n) is 2.05. The molecule has 3 rings (SSSR count). The molecule has 0 atom stereocenters. The third-order valence-electron chi connectivity index (χ3n) is 3.29. The molecule has 1 aliphatic carbocycles. The van der Waals surface area contributed by atoms with Gasteiger partial charge in [0, 0.05) is 5.39 Å². The highest BCUT2D eigenvalue weighted by Gasteiger charge is 2.22. The molecular weight excluding hydrogens is 244 g/mol. The largest absolute Gasteiger partial charge is 0.490 e. The van der Waals surface area contributed by atoms with E-state index in [0.717, 1.165) is 12.3 Å². The third-order valence-corrected chi connectivity index (χ3v) is 3.29. The summed E-state index contributed by atoms with van der Waals surface area (Å²) in [6, 6.07) is 7.28. The van der Waals surface area contributed by atoms with Gasteiger partial charge in [-0.3, -0.25) is 0 Å². The lowest BCUT2D eigenvalue weighted by molar-refractivity contribution is 0.0684. The van der Waals surface area contributed by atoms with Crippen molar-refractivity contribution >= 4 is 16.9 Å². The van der Waals surface area contributed by atoms with Gasteiger partial charge in [0.2, 0.25) is 5.69 Å². The Bertz CT molecular complexity index is 623. The molecule has 1 aromatic carbocycles. The van der Waals surface area contributed by atoms with Crippen LogP contribution in [0.4, 0.5) is 0 Å².